The number of aromatic nitrogens is 1. The number of hydrogen-bond donors (Lipinski definition) is 2. The van der Waals surface area contributed by atoms with Crippen molar-refractivity contribution >= 4 is 29.2 Å². The molecule has 0 aliphatic rings. The quantitative estimate of drug-likeness (QED) is 0.830. The summed E-state index contributed by atoms with van der Waals surface area (Å²) < 4.78 is 13.6. The molecule has 106 valence electrons. The third kappa shape index (κ3) is 3.62. The summed E-state index contributed by atoms with van der Waals surface area (Å²) in [4.78, 5) is 4.65. The Labute approximate surface area is 126 Å². The molecule has 0 radical (unpaired) electrons. The Hall–Kier alpha value is -1.30. The first-order valence-electron chi connectivity index (χ1n) is 6.07. The summed E-state index contributed by atoms with van der Waals surface area (Å²) in [5.74, 6) is 0.844. The third-order valence-electron chi connectivity index (χ3n) is 2.88. The van der Waals surface area contributed by atoms with E-state index in [2.05, 4.69) is 10.3 Å². The Morgan fingerprint density at radius 1 is 1.45 bits per heavy atom. The van der Waals surface area contributed by atoms with E-state index in [0.717, 1.165) is 5.56 Å². The van der Waals surface area contributed by atoms with Gasteiger partial charge in [0.2, 0.25) is 0 Å². The SMILES string of the molecule is CNC(CSc1ccccc1F)c1cc(Cl)cnc1N. The van der Waals surface area contributed by atoms with Gasteiger partial charge in [-0.1, -0.05) is 23.7 Å². The lowest BCUT2D eigenvalue weighted by Gasteiger charge is -2.18. The molecule has 0 aliphatic heterocycles. The van der Waals surface area contributed by atoms with Gasteiger partial charge in [-0.2, -0.15) is 0 Å². The highest BCUT2D eigenvalue weighted by molar-refractivity contribution is 7.99. The van der Waals surface area contributed by atoms with Crippen molar-refractivity contribution in [3.63, 3.8) is 0 Å². The second-order valence-electron chi connectivity index (χ2n) is 4.21. The molecule has 0 saturated carbocycles. The molecule has 1 atom stereocenters. The van der Waals surface area contributed by atoms with E-state index in [0.29, 0.717) is 21.5 Å². The van der Waals surface area contributed by atoms with Crippen LogP contribution in [0.25, 0.3) is 0 Å². The summed E-state index contributed by atoms with van der Waals surface area (Å²) in [7, 11) is 1.83. The van der Waals surface area contributed by atoms with Crippen LogP contribution in [0.3, 0.4) is 0 Å². The van der Waals surface area contributed by atoms with Gasteiger partial charge in [-0.25, -0.2) is 9.37 Å². The first-order chi connectivity index (χ1) is 9.61. The van der Waals surface area contributed by atoms with Crippen molar-refractivity contribution in [2.24, 2.45) is 0 Å². The second-order valence-corrected chi connectivity index (χ2v) is 5.71. The van der Waals surface area contributed by atoms with Crippen molar-refractivity contribution in [3.8, 4) is 0 Å². The molecule has 1 unspecified atom stereocenters. The van der Waals surface area contributed by atoms with Gasteiger partial charge in [0.25, 0.3) is 0 Å². The molecule has 2 aromatic rings. The van der Waals surface area contributed by atoms with Gasteiger partial charge in [0.15, 0.2) is 0 Å². The van der Waals surface area contributed by atoms with Crippen LogP contribution < -0.4 is 11.1 Å². The number of nitrogens with zero attached hydrogens (tertiary/aromatic N) is 1. The minimum Gasteiger partial charge on any atom is -0.383 e. The smallest absolute Gasteiger partial charge is 0.136 e. The molecule has 0 fully saturated rings. The predicted molar refractivity (Wildman–Crippen MR) is 82.6 cm³/mol. The monoisotopic (exact) mass is 311 g/mol. The number of thioether (sulfide) groups is 1. The first kappa shape index (κ1) is 15.1. The van der Waals surface area contributed by atoms with E-state index in [1.807, 2.05) is 13.1 Å². The van der Waals surface area contributed by atoms with Crippen molar-refractivity contribution in [1.29, 1.82) is 0 Å². The third-order valence-corrected chi connectivity index (χ3v) is 4.23. The number of nitrogens with two attached hydrogens (primary N) is 1. The number of hydrogen-bond acceptors (Lipinski definition) is 4. The number of halogens is 2. The maximum absolute atomic E-state index is 13.6. The number of benzene rings is 1. The van der Waals surface area contributed by atoms with Crippen molar-refractivity contribution in [1.82, 2.24) is 10.3 Å². The molecule has 1 aromatic carbocycles. The highest BCUT2D eigenvalue weighted by Crippen LogP contribution is 2.29. The fraction of sp³-hybridized carbons (Fsp3) is 0.214. The van der Waals surface area contributed by atoms with Crippen LogP contribution in [0.15, 0.2) is 41.4 Å². The summed E-state index contributed by atoms with van der Waals surface area (Å²) in [6.45, 7) is 0. The lowest BCUT2D eigenvalue weighted by Crippen LogP contribution is -2.20. The van der Waals surface area contributed by atoms with Crippen molar-refractivity contribution in [2.75, 3.05) is 18.5 Å². The number of nitrogen functional groups attached to an aromatic ring is 1. The lowest BCUT2D eigenvalue weighted by atomic mass is 10.1. The fourth-order valence-electron chi connectivity index (χ4n) is 1.81. The van der Waals surface area contributed by atoms with E-state index in [1.165, 1.54) is 24.0 Å². The summed E-state index contributed by atoms with van der Waals surface area (Å²) in [5.41, 5.74) is 6.69. The van der Waals surface area contributed by atoms with Crippen LogP contribution in [0.4, 0.5) is 10.2 Å². The van der Waals surface area contributed by atoms with E-state index < -0.39 is 0 Å². The fourth-order valence-corrected chi connectivity index (χ4v) is 3.05. The Balaban J connectivity index is 2.13. The van der Waals surface area contributed by atoms with Gasteiger partial charge < -0.3 is 11.1 Å². The number of nitrogens with one attached hydrogen (secondary N) is 1. The van der Waals surface area contributed by atoms with E-state index in [9.17, 15) is 4.39 Å². The van der Waals surface area contributed by atoms with E-state index in [4.69, 9.17) is 17.3 Å². The summed E-state index contributed by atoms with van der Waals surface area (Å²) >= 11 is 7.37. The Morgan fingerprint density at radius 2 is 2.20 bits per heavy atom. The predicted octanol–water partition coefficient (Wildman–Crippen LogP) is 3.51. The van der Waals surface area contributed by atoms with Crippen LogP contribution >= 0.6 is 23.4 Å². The van der Waals surface area contributed by atoms with Crippen LogP contribution in [0, 0.1) is 5.82 Å². The van der Waals surface area contributed by atoms with E-state index in [-0.39, 0.29) is 11.9 Å². The molecule has 3 nitrogen and oxygen atoms in total. The van der Waals surface area contributed by atoms with Crippen LogP contribution in [0.2, 0.25) is 5.02 Å². The van der Waals surface area contributed by atoms with Crippen molar-refractivity contribution in [3.05, 3.63) is 52.9 Å². The van der Waals surface area contributed by atoms with Gasteiger partial charge in [0.1, 0.15) is 11.6 Å². The molecule has 3 N–H and O–H groups in total. The zero-order chi connectivity index (χ0) is 14.5. The summed E-state index contributed by atoms with van der Waals surface area (Å²) in [6, 6.07) is 8.43. The summed E-state index contributed by atoms with van der Waals surface area (Å²) in [5, 5.41) is 3.69. The van der Waals surface area contributed by atoms with Gasteiger partial charge >= 0.3 is 0 Å². The molecule has 20 heavy (non-hydrogen) atoms. The standard InChI is InChI=1S/C14H15ClFN3S/c1-18-12(10-6-9(15)7-19-14(10)17)8-20-13-5-3-2-4-11(13)16/h2-7,12,18H,8H2,1H3,(H2,17,19). The second kappa shape index (κ2) is 6.92. The van der Waals surface area contributed by atoms with E-state index in [1.54, 1.807) is 18.2 Å². The molecular formula is C14H15ClFN3S. The lowest BCUT2D eigenvalue weighted by molar-refractivity contribution is 0.601. The van der Waals surface area contributed by atoms with Crippen LogP contribution in [0.1, 0.15) is 11.6 Å². The molecule has 6 heteroatoms. The van der Waals surface area contributed by atoms with Crippen molar-refractivity contribution in [2.45, 2.75) is 10.9 Å². The zero-order valence-electron chi connectivity index (χ0n) is 10.9. The Bertz CT molecular complexity index is 594. The maximum Gasteiger partial charge on any atom is 0.136 e. The average Bonchev–Trinajstić information content (AvgIpc) is 2.45. The average molecular weight is 312 g/mol. The number of anilines is 1. The minimum absolute atomic E-state index is 0.0502. The molecule has 2 rings (SSSR count). The largest absolute Gasteiger partial charge is 0.383 e. The molecule has 0 aliphatic carbocycles. The minimum atomic E-state index is -0.218. The van der Waals surface area contributed by atoms with Gasteiger partial charge in [-0.05, 0) is 25.2 Å². The highest BCUT2D eigenvalue weighted by Gasteiger charge is 2.15. The van der Waals surface area contributed by atoms with E-state index >= 15 is 0 Å². The highest BCUT2D eigenvalue weighted by atomic mass is 35.5. The van der Waals surface area contributed by atoms with Gasteiger partial charge in [-0.3, -0.25) is 0 Å². The first-order valence-corrected chi connectivity index (χ1v) is 7.43. The van der Waals surface area contributed by atoms with Gasteiger partial charge in [-0.15, -0.1) is 11.8 Å². The van der Waals surface area contributed by atoms with Crippen LogP contribution in [-0.2, 0) is 0 Å². The molecule has 0 amide bonds. The molecule has 0 bridgehead atoms. The molecular weight excluding hydrogens is 297 g/mol. The number of pyridine rings is 1. The normalized spacial score (nSPS) is 12.3. The van der Waals surface area contributed by atoms with Crippen LogP contribution in [0.5, 0.6) is 0 Å². The molecule has 1 aromatic heterocycles. The van der Waals surface area contributed by atoms with Crippen molar-refractivity contribution < 1.29 is 4.39 Å². The Kier molecular flexibility index (Phi) is 5.23. The summed E-state index contributed by atoms with van der Waals surface area (Å²) in [6.07, 6.45) is 1.51. The van der Waals surface area contributed by atoms with Gasteiger partial charge in [0.05, 0.1) is 5.02 Å². The topological polar surface area (TPSA) is 50.9 Å². The Morgan fingerprint density at radius 3 is 2.90 bits per heavy atom. The molecule has 0 spiro atoms. The molecule has 0 saturated heterocycles. The van der Waals surface area contributed by atoms with Crippen LogP contribution in [-0.4, -0.2) is 17.8 Å². The number of rotatable bonds is 5. The zero-order valence-corrected chi connectivity index (χ0v) is 12.5. The van der Waals surface area contributed by atoms with Gasteiger partial charge in [0, 0.05) is 28.5 Å². The molecule has 1 heterocycles. The maximum atomic E-state index is 13.6.